The molecule has 1 N–H and O–H groups in total. The van der Waals surface area contributed by atoms with Crippen LogP contribution in [0.4, 0.5) is 0 Å². The highest BCUT2D eigenvalue weighted by Gasteiger charge is 2.37. The van der Waals surface area contributed by atoms with Gasteiger partial charge in [-0.15, -0.1) is 0 Å². The molecule has 25 heavy (non-hydrogen) atoms. The molecule has 2 aromatic rings. The standard InChI is InChI=1S/C18H22N4O3/c23-17-13-10-21(12-3-1-2-4-12)18(24)16(13)19-15-9-14(20-22(15)17)11-5-7-25-8-6-11/h9,11-12,20H,1-8,10H2. The smallest absolute Gasteiger partial charge is 0.278 e. The molecule has 4 heterocycles. The zero-order chi connectivity index (χ0) is 17.0. The van der Waals surface area contributed by atoms with Crippen LogP contribution >= 0.6 is 0 Å². The van der Waals surface area contributed by atoms with Gasteiger partial charge in [0, 0.05) is 36.9 Å². The Morgan fingerprint density at radius 1 is 1.12 bits per heavy atom. The van der Waals surface area contributed by atoms with Crippen LogP contribution in [0.25, 0.3) is 5.65 Å². The van der Waals surface area contributed by atoms with Crippen molar-refractivity contribution in [2.24, 2.45) is 0 Å². The molecule has 0 bridgehead atoms. The number of nitrogens with zero attached hydrogens (tertiary/aromatic N) is 3. The summed E-state index contributed by atoms with van der Waals surface area (Å²) in [5.41, 5.74) is 2.32. The van der Waals surface area contributed by atoms with Crippen molar-refractivity contribution in [1.29, 1.82) is 0 Å². The van der Waals surface area contributed by atoms with Gasteiger partial charge in [-0.3, -0.25) is 14.7 Å². The first-order chi connectivity index (χ1) is 12.2. The van der Waals surface area contributed by atoms with Gasteiger partial charge >= 0.3 is 0 Å². The largest absolute Gasteiger partial charge is 0.381 e. The number of aromatic nitrogens is 3. The van der Waals surface area contributed by atoms with Gasteiger partial charge in [-0.25, -0.2) is 9.50 Å². The Balaban J connectivity index is 1.53. The van der Waals surface area contributed by atoms with Gasteiger partial charge in [0.05, 0.1) is 12.1 Å². The van der Waals surface area contributed by atoms with Gasteiger partial charge in [-0.2, -0.15) is 0 Å². The number of ether oxygens (including phenoxy) is 1. The van der Waals surface area contributed by atoms with Crippen LogP contribution in [0.2, 0.25) is 0 Å². The average molecular weight is 342 g/mol. The molecule has 0 radical (unpaired) electrons. The van der Waals surface area contributed by atoms with Gasteiger partial charge in [-0.05, 0) is 25.7 Å². The average Bonchev–Trinajstić information content (AvgIpc) is 3.36. The first-order valence-electron chi connectivity index (χ1n) is 9.25. The number of hydrogen-bond acceptors (Lipinski definition) is 4. The molecule has 1 amide bonds. The van der Waals surface area contributed by atoms with E-state index in [0.29, 0.717) is 29.4 Å². The third kappa shape index (κ3) is 2.33. The van der Waals surface area contributed by atoms with Crippen molar-refractivity contribution < 1.29 is 9.53 Å². The van der Waals surface area contributed by atoms with E-state index in [1.807, 2.05) is 11.0 Å². The summed E-state index contributed by atoms with van der Waals surface area (Å²) < 4.78 is 6.92. The van der Waals surface area contributed by atoms with Crippen molar-refractivity contribution in [2.75, 3.05) is 13.2 Å². The summed E-state index contributed by atoms with van der Waals surface area (Å²) in [4.78, 5) is 32.1. The SMILES string of the molecule is O=C1c2nc3cc(C4CCOCC4)[nH]n3c(=O)c2CN1C1CCCC1. The normalized spacial score (nSPS) is 22.2. The lowest BCUT2D eigenvalue weighted by Crippen LogP contribution is -2.33. The van der Waals surface area contributed by atoms with Gasteiger partial charge in [0.15, 0.2) is 5.65 Å². The maximum Gasteiger partial charge on any atom is 0.278 e. The van der Waals surface area contributed by atoms with Crippen molar-refractivity contribution in [1.82, 2.24) is 19.5 Å². The lowest BCUT2D eigenvalue weighted by molar-refractivity contribution is 0.0703. The molecule has 2 fully saturated rings. The Kier molecular flexibility index (Phi) is 3.45. The van der Waals surface area contributed by atoms with E-state index >= 15 is 0 Å². The van der Waals surface area contributed by atoms with E-state index in [1.165, 1.54) is 4.52 Å². The van der Waals surface area contributed by atoms with Crippen LogP contribution in [-0.4, -0.2) is 44.7 Å². The maximum atomic E-state index is 12.9. The number of aromatic amines is 1. The number of carbonyl (C=O) groups excluding carboxylic acids is 1. The minimum absolute atomic E-state index is 0.0738. The lowest BCUT2D eigenvalue weighted by Gasteiger charge is -2.22. The fourth-order valence-corrected chi connectivity index (χ4v) is 4.50. The minimum atomic E-state index is -0.132. The molecule has 1 aliphatic carbocycles. The molecule has 0 spiro atoms. The molecule has 0 aromatic carbocycles. The topological polar surface area (TPSA) is 79.7 Å². The zero-order valence-electron chi connectivity index (χ0n) is 14.2. The number of rotatable bonds is 2. The summed E-state index contributed by atoms with van der Waals surface area (Å²) in [6.45, 7) is 1.89. The van der Waals surface area contributed by atoms with Crippen LogP contribution in [0.15, 0.2) is 10.9 Å². The summed E-state index contributed by atoms with van der Waals surface area (Å²) in [7, 11) is 0. The summed E-state index contributed by atoms with van der Waals surface area (Å²) in [5, 5.41) is 3.22. The zero-order valence-corrected chi connectivity index (χ0v) is 14.2. The molecule has 0 atom stereocenters. The number of H-pyrrole nitrogens is 1. The van der Waals surface area contributed by atoms with Gasteiger partial charge in [-0.1, -0.05) is 12.8 Å². The van der Waals surface area contributed by atoms with Crippen molar-refractivity contribution in [3.63, 3.8) is 0 Å². The second-order valence-electron chi connectivity index (χ2n) is 7.41. The number of fused-ring (bicyclic) bond motifs is 2. The second kappa shape index (κ2) is 5.69. The second-order valence-corrected chi connectivity index (χ2v) is 7.41. The molecule has 7 nitrogen and oxygen atoms in total. The van der Waals surface area contributed by atoms with E-state index in [1.54, 1.807) is 0 Å². The van der Waals surface area contributed by atoms with E-state index < -0.39 is 0 Å². The van der Waals surface area contributed by atoms with E-state index in [4.69, 9.17) is 4.74 Å². The van der Waals surface area contributed by atoms with Crippen LogP contribution in [0.3, 0.4) is 0 Å². The van der Waals surface area contributed by atoms with Crippen LogP contribution in [0.1, 0.15) is 66.2 Å². The molecule has 2 aliphatic heterocycles. The molecule has 1 saturated heterocycles. The van der Waals surface area contributed by atoms with Crippen molar-refractivity contribution in [3.05, 3.63) is 33.4 Å². The van der Waals surface area contributed by atoms with Gasteiger partial charge in [0.2, 0.25) is 0 Å². The fourth-order valence-electron chi connectivity index (χ4n) is 4.50. The van der Waals surface area contributed by atoms with Crippen molar-refractivity contribution in [2.45, 2.75) is 57.0 Å². The molecule has 7 heteroatoms. The van der Waals surface area contributed by atoms with Crippen molar-refractivity contribution in [3.8, 4) is 0 Å². The van der Waals surface area contributed by atoms with Gasteiger partial charge < -0.3 is 9.64 Å². The Hall–Kier alpha value is -2.15. The first kappa shape index (κ1) is 15.1. The molecule has 2 aromatic heterocycles. The number of amides is 1. The lowest BCUT2D eigenvalue weighted by atomic mass is 9.97. The molecular formula is C18H22N4O3. The number of hydrogen-bond donors (Lipinski definition) is 1. The Morgan fingerprint density at radius 3 is 2.64 bits per heavy atom. The van der Waals surface area contributed by atoms with E-state index in [9.17, 15) is 9.59 Å². The summed E-state index contributed by atoms with van der Waals surface area (Å²) in [5.74, 6) is 0.283. The third-order valence-electron chi connectivity index (χ3n) is 5.95. The van der Waals surface area contributed by atoms with Crippen LogP contribution < -0.4 is 5.56 Å². The molecule has 0 unspecified atom stereocenters. The first-order valence-corrected chi connectivity index (χ1v) is 9.25. The van der Waals surface area contributed by atoms with Crippen LogP contribution in [0.5, 0.6) is 0 Å². The Labute approximate surface area is 145 Å². The summed E-state index contributed by atoms with van der Waals surface area (Å²) in [6.07, 6.45) is 6.27. The fraction of sp³-hybridized carbons (Fsp3) is 0.611. The number of carbonyl (C=O) groups is 1. The highest BCUT2D eigenvalue weighted by molar-refractivity contribution is 5.97. The Bertz CT molecular complexity index is 888. The van der Waals surface area contributed by atoms with E-state index in [0.717, 1.165) is 57.4 Å². The predicted molar refractivity (Wildman–Crippen MR) is 90.7 cm³/mol. The highest BCUT2D eigenvalue weighted by Crippen LogP contribution is 2.31. The maximum absolute atomic E-state index is 12.9. The van der Waals surface area contributed by atoms with Crippen LogP contribution in [0, 0.1) is 0 Å². The summed E-state index contributed by atoms with van der Waals surface area (Å²) in [6, 6.07) is 2.19. The van der Waals surface area contributed by atoms with E-state index in [2.05, 4.69) is 10.1 Å². The predicted octanol–water partition coefficient (Wildman–Crippen LogP) is 1.81. The molecule has 1 saturated carbocycles. The highest BCUT2D eigenvalue weighted by atomic mass is 16.5. The van der Waals surface area contributed by atoms with Crippen LogP contribution in [-0.2, 0) is 11.3 Å². The minimum Gasteiger partial charge on any atom is -0.381 e. The van der Waals surface area contributed by atoms with Gasteiger partial charge in [0.25, 0.3) is 11.5 Å². The van der Waals surface area contributed by atoms with Crippen molar-refractivity contribution >= 4 is 11.6 Å². The molecule has 5 rings (SSSR count). The molecule has 132 valence electrons. The van der Waals surface area contributed by atoms with E-state index in [-0.39, 0.29) is 17.5 Å². The van der Waals surface area contributed by atoms with Gasteiger partial charge in [0.1, 0.15) is 5.69 Å². The molecular weight excluding hydrogens is 320 g/mol. The monoisotopic (exact) mass is 342 g/mol. The summed E-state index contributed by atoms with van der Waals surface area (Å²) >= 11 is 0. The third-order valence-corrected chi connectivity index (χ3v) is 5.95. The number of nitrogens with one attached hydrogen (secondary N) is 1. The Morgan fingerprint density at radius 2 is 1.88 bits per heavy atom. The molecule has 3 aliphatic rings. The quantitative estimate of drug-likeness (QED) is 0.903.